The summed E-state index contributed by atoms with van der Waals surface area (Å²) in [4.78, 5) is 0. The standard InChI is InChI=1S/C15H23NO/c1-4-17-14-12(3)11(2)5-6-13(14)7-8-15(16)9-10-15/h5-6H,4,7-10,16H2,1-3H3. The molecule has 17 heavy (non-hydrogen) atoms. The fraction of sp³-hybridized carbons (Fsp3) is 0.600. The smallest absolute Gasteiger partial charge is 0.125 e. The maximum atomic E-state index is 6.15. The second-order valence-electron chi connectivity index (χ2n) is 5.29. The molecule has 0 unspecified atom stereocenters. The Bertz CT molecular complexity index is 408. The van der Waals surface area contributed by atoms with Crippen molar-refractivity contribution in [2.45, 2.75) is 52.0 Å². The number of hydrogen-bond acceptors (Lipinski definition) is 2. The van der Waals surface area contributed by atoms with Crippen LogP contribution in [0.25, 0.3) is 0 Å². The van der Waals surface area contributed by atoms with E-state index >= 15 is 0 Å². The quantitative estimate of drug-likeness (QED) is 0.848. The van der Waals surface area contributed by atoms with Crippen molar-refractivity contribution in [1.29, 1.82) is 0 Å². The first-order valence-electron chi connectivity index (χ1n) is 6.56. The number of benzene rings is 1. The van der Waals surface area contributed by atoms with Gasteiger partial charge in [-0.2, -0.15) is 0 Å². The fourth-order valence-corrected chi connectivity index (χ4v) is 2.18. The molecule has 0 amide bonds. The Labute approximate surface area is 104 Å². The summed E-state index contributed by atoms with van der Waals surface area (Å²) < 4.78 is 5.79. The topological polar surface area (TPSA) is 35.2 Å². The van der Waals surface area contributed by atoms with E-state index in [1.54, 1.807) is 0 Å². The normalized spacial score (nSPS) is 16.9. The average Bonchev–Trinajstić information content (AvgIpc) is 3.03. The van der Waals surface area contributed by atoms with Crippen molar-refractivity contribution in [3.05, 3.63) is 28.8 Å². The van der Waals surface area contributed by atoms with Crippen molar-refractivity contribution in [3.63, 3.8) is 0 Å². The van der Waals surface area contributed by atoms with Gasteiger partial charge in [-0.15, -0.1) is 0 Å². The number of rotatable bonds is 5. The van der Waals surface area contributed by atoms with Crippen LogP contribution in [0, 0.1) is 13.8 Å². The Kier molecular flexibility index (Phi) is 3.43. The van der Waals surface area contributed by atoms with E-state index < -0.39 is 0 Å². The van der Waals surface area contributed by atoms with E-state index in [0.717, 1.165) is 25.2 Å². The summed E-state index contributed by atoms with van der Waals surface area (Å²) in [5.41, 5.74) is 10.2. The van der Waals surface area contributed by atoms with Gasteiger partial charge in [0.05, 0.1) is 6.61 Å². The molecule has 0 saturated heterocycles. The highest BCUT2D eigenvalue weighted by Crippen LogP contribution is 2.38. The largest absolute Gasteiger partial charge is 0.493 e. The monoisotopic (exact) mass is 233 g/mol. The summed E-state index contributed by atoms with van der Waals surface area (Å²) in [5, 5.41) is 0. The van der Waals surface area contributed by atoms with Crippen LogP contribution in [0.5, 0.6) is 5.75 Å². The highest BCUT2D eigenvalue weighted by molar-refractivity contribution is 5.45. The van der Waals surface area contributed by atoms with Crippen molar-refractivity contribution in [3.8, 4) is 5.75 Å². The summed E-state index contributed by atoms with van der Waals surface area (Å²) in [6.07, 6.45) is 4.48. The lowest BCUT2D eigenvalue weighted by atomic mass is 9.98. The Hall–Kier alpha value is -1.02. The van der Waals surface area contributed by atoms with Gasteiger partial charge in [-0.3, -0.25) is 0 Å². The zero-order valence-electron chi connectivity index (χ0n) is 11.2. The Balaban J connectivity index is 2.16. The SMILES string of the molecule is CCOc1c(CCC2(N)CC2)ccc(C)c1C. The van der Waals surface area contributed by atoms with E-state index in [2.05, 4.69) is 26.0 Å². The molecule has 0 spiro atoms. The maximum absolute atomic E-state index is 6.15. The van der Waals surface area contributed by atoms with E-state index in [4.69, 9.17) is 10.5 Å². The second-order valence-corrected chi connectivity index (χ2v) is 5.29. The summed E-state index contributed by atoms with van der Waals surface area (Å²) in [5.74, 6) is 1.08. The average molecular weight is 233 g/mol. The van der Waals surface area contributed by atoms with Crippen LogP contribution in [0.1, 0.15) is 42.9 Å². The first-order chi connectivity index (χ1) is 8.06. The van der Waals surface area contributed by atoms with E-state index in [1.165, 1.54) is 29.5 Å². The second kappa shape index (κ2) is 4.69. The third kappa shape index (κ3) is 2.81. The minimum absolute atomic E-state index is 0.127. The van der Waals surface area contributed by atoms with Crippen molar-refractivity contribution in [2.75, 3.05) is 6.61 Å². The highest BCUT2D eigenvalue weighted by Gasteiger charge is 2.37. The van der Waals surface area contributed by atoms with Gasteiger partial charge in [-0.25, -0.2) is 0 Å². The molecule has 2 heteroatoms. The number of hydrogen-bond donors (Lipinski definition) is 1. The van der Waals surface area contributed by atoms with Crippen molar-refractivity contribution in [2.24, 2.45) is 5.73 Å². The van der Waals surface area contributed by atoms with Crippen LogP contribution >= 0.6 is 0 Å². The molecule has 2 rings (SSSR count). The molecule has 0 heterocycles. The molecule has 1 saturated carbocycles. The van der Waals surface area contributed by atoms with Crippen molar-refractivity contribution in [1.82, 2.24) is 0 Å². The number of ether oxygens (including phenoxy) is 1. The zero-order valence-corrected chi connectivity index (χ0v) is 11.2. The summed E-state index contributed by atoms with van der Waals surface area (Å²) in [6, 6.07) is 4.38. The molecule has 0 aliphatic heterocycles. The van der Waals surface area contributed by atoms with Gasteiger partial charge in [0.1, 0.15) is 5.75 Å². The number of aryl methyl sites for hydroxylation is 2. The van der Waals surface area contributed by atoms with Crippen molar-refractivity contribution < 1.29 is 4.74 Å². The molecule has 2 N–H and O–H groups in total. The lowest BCUT2D eigenvalue weighted by Crippen LogP contribution is -2.22. The van der Waals surface area contributed by atoms with E-state index in [-0.39, 0.29) is 5.54 Å². The number of nitrogens with two attached hydrogens (primary N) is 1. The Morgan fingerprint density at radius 3 is 2.59 bits per heavy atom. The minimum Gasteiger partial charge on any atom is -0.493 e. The molecule has 1 aromatic carbocycles. The van der Waals surface area contributed by atoms with Crippen LogP contribution in [0.15, 0.2) is 12.1 Å². The molecular formula is C15H23NO. The molecule has 0 radical (unpaired) electrons. The molecule has 0 atom stereocenters. The van der Waals surface area contributed by atoms with Gasteiger partial charge >= 0.3 is 0 Å². The molecule has 1 aromatic rings. The van der Waals surface area contributed by atoms with E-state index in [0.29, 0.717) is 0 Å². The molecule has 0 aromatic heterocycles. The molecule has 2 nitrogen and oxygen atoms in total. The van der Waals surface area contributed by atoms with Crippen molar-refractivity contribution >= 4 is 0 Å². The van der Waals surface area contributed by atoms with Gasteiger partial charge in [0.2, 0.25) is 0 Å². The Morgan fingerprint density at radius 1 is 1.29 bits per heavy atom. The molecular weight excluding hydrogens is 210 g/mol. The van der Waals surface area contributed by atoms with Crippen LogP contribution in [-0.4, -0.2) is 12.1 Å². The molecule has 0 bridgehead atoms. The van der Waals surface area contributed by atoms with Gasteiger partial charge in [0, 0.05) is 5.54 Å². The van der Waals surface area contributed by atoms with E-state index in [1.807, 2.05) is 6.92 Å². The Morgan fingerprint density at radius 2 is 2.00 bits per heavy atom. The lowest BCUT2D eigenvalue weighted by Gasteiger charge is -2.16. The van der Waals surface area contributed by atoms with Gasteiger partial charge in [0.25, 0.3) is 0 Å². The molecule has 1 aliphatic carbocycles. The first-order valence-corrected chi connectivity index (χ1v) is 6.56. The predicted octanol–water partition coefficient (Wildman–Crippen LogP) is 3.13. The van der Waals surface area contributed by atoms with Crippen LogP contribution in [0.3, 0.4) is 0 Å². The van der Waals surface area contributed by atoms with Gasteiger partial charge in [0.15, 0.2) is 0 Å². The van der Waals surface area contributed by atoms with Crippen LogP contribution in [0.2, 0.25) is 0 Å². The molecule has 1 aliphatic rings. The molecule has 1 fully saturated rings. The summed E-state index contributed by atoms with van der Waals surface area (Å²) in [6.45, 7) is 7.04. The third-order valence-corrected chi connectivity index (χ3v) is 3.83. The first kappa shape index (κ1) is 12.4. The maximum Gasteiger partial charge on any atom is 0.125 e. The summed E-state index contributed by atoms with van der Waals surface area (Å²) >= 11 is 0. The van der Waals surface area contributed by atoms with Gasteiger partial charge in [-0.1, -0.05) is 12.1 Å². The van der Waals surface area contributed by atoms with Crippen LogP contribution < -0.4 is 10.5 Å². The van der Waals surface area contributed by atoms with Crippen LogP contribution in [-0.2, 0) is 6.42 Å². The highest BCUT2D eigenvalue weighted by atomic mass is 16.5. The van der Waals surface area contributed by atoms with E-state index in [9.17, 15) is 0 Å². The third-order valence-electron chi connectivity index (χ3n) is 3.83. The minimum atomic E-state index is 0.127. The van der Waals surface area contributed by atoms with Gasteiger partial charge in [-0.05, 0) is 63.1 Å². The van der Waals surface area contributed by atoms with Gasteiger partial charge < -0.3 is 10.5 Å². The fourth-order valence-electron chi connectivity index (χ4n) is 2.18. The predicted molar refractivity (Wildman–Crippen MR) is 71.6 cm³/mol. The summed E-state index contributed by atoms with van der Waals surface area (Å²) in [7, 11) is 0. The zero-order chi connectivity index (χ0) is 12.5. The van der Waals surface area contributed by atoms with Crippen LogP contribution in [0.4, 0.5) is 0 Å². The molecule has 94 valence electrons. The lowest BCUT2D eigenvalue weighted by molar-refractivity contribution is 0.333.